The lowest BCUT2D eigenvalue weighted by molar-refractivity contribution is -0.143. The predicted molar refractivity (Wildman–Crippen MR) is 116 cm³/mol. The standard InChI is InChI=1S/C24H24F7NO4/c1-5-36-22(33)32-12(2)6-17(16-10-19(34-3)20(35-4)11-18(16)32)21(25)13-7-14(23(26,27)28)9-15(8-13)24(29,30)31/h7-12,17,21H,5-6H2,1-4H3/t12-,17-,21+/m1/s1. The zero-order valence-corrected chi connectivity index (χ0v) is 19.8. The fourth-order valence-electron chi connectivity index (χ4n) is 4.35. The van der Waals surface area contributed by atoms with Crippen molar-refractivity contribution in [1.29, 1.82) is 0 Å². The monoisotopic (exact) mass is 523 g/mol. The molecule has 0 radical (unpaired) electrons. The quantitative estimate of drug-likeness (QED) is 0.386. The van der Waals surface area contributed by atoms with E-state index in [0.29, 0.717) is 12.1 Å². The number of fused-ring (bicyclic) bond motifs is 1. The van der Waals surface area contributed by atoms with E-state index in [0.717, 1.165) is 0 Å². The number of hydrogen-bond donors (Lipinski definition) is 0. The van der Waals surface area contributed by atoms with Gasteiger partial charge in [0, 0.05) is 18.0 Å². The molecule has 0 saturated heterocycles. The number of halogens is 7. The van der Waals surface area contributed by atoms with Crippen LogP contribution >= 0.6 is 0 Å². The Labute approximate surface area is 202 Å². The highest BCUT2D eigenvalue weighted by Crippen LogP contribution is 2.51. The van der Waals surface area contributed by atoms with E-state index in [1.165, 1.54) is 31.3 Å². The maximum atomic E-state index is 16.0. The van der Waals surface area contributed by atoms with Crippen molar-refractivity contribution in [2.45, 2.75) is 50.8 Å². The molecule has 12 heteroatoms. The molecule has 0 bridgehead atoms. The Kier molecular flexibility index (Phi) is 7.66. The molecular formula is C24H24F7NO4. The van der Waals surface area contributed by atoms with Gasteiger partial charge in [0.05, 0.1) is 37.6 Å². The third-order valence-electron chi connectivity index (χ3n) is 5.97. The third kappa shape index (κ3) is 5.31. The van der Waals surface area contributed by atoms with Gasteiger partial charge in [0.15, 0.2) is 11.5 Å². The predicted octanol–water partition coefficient (Wildman–Crippen LogP) is 7.29. The summed E-state index contributed by atoms with van der Waals surface area (Å²) in [6, 6.07) is 2.76. The first-order valence-corrected chi connectivity index (χ1v) is 10.9. The van der Waals surface area contributed by atoms with Gasteiger partial charge in [-0.25, -0.2) is 9.18 Å². The van der Waals surface area contributed by atoms with Crippen molar-refractivity contribution < 1.29 is 49.7 Å². The Morgan fingerprint density at radius 1 is 0.972 bits per heavy atom. The lowest BCUT2D eigenvalue weighted by Crippen LogP contribution is -2.44. The molecular weight excluding hydrogens is 499 g/mol. The summed E-state index contributed by atoms with van der Waals surface area (Å²) in [6.45, 7) is 3.21. The van der Waals surface area contributed by atoms with Crippen LogP contribution in [0.25, 0.3) is 0 Å². The van der Waals surface area contributed by atoms with Gasteiger partial charge in [0.2, 0.25) is 0 Å². The maximum Gasteiger partial charge on any atom is 0.416 e. The molecule has 1 amide bonds. The van der Waals surface area contributed by atoms with Gasteiger partial charge < -0.3 is 14.2 Å². The molecule has 1 aliphatic rings. The van der Waals surface area contributed by atoms with Crippen molar-refractivity contribution in [3.05, 3.63) is 52.6 Å². The van der Waals surface area contributed by atoms with Crippen molar-refractivity contribution >= 4 is 11.8 Å². The summed E-state index contributed by atoms with van der Waals surface area (Å²) in [4.78, 5) is 13.9. The SMILES string of the molecule is CCOC(=O)N1c2cc(OC)c(OC)cc2[C@H]([C@@H](F)c2cc(C(F)(F)F)cc(C(F)(F)F)c2)C[C@H]1C. The van der Waals surface area contributed by atoms with Crippen LogP contribution in [0.2, 0.25) is 0 Å². The highest BCUT2D eigenvalue weighted by Gasteiger charge is 2.42. The van der Waals surface area contributed by atoms with Crippen LogP contribution in [0, 0.1) is 0 Å². The number of methoxy groups -OCH3 is 2. The molecule has 2 aromatic rings. The van der Waals surface area contributed by atoms with Crippen LogP contribution in [0.1, 0.15) is 54.6 Å². The summed E-state index contributed by atoms with van der Waals surface area (Å²) in [5.74, 6) is -0.871. The number of carbonyl (C=O) groups is 1. The molecule has 0 spiro atoms. The first-order chi connectivity index (χ1) is 16.7. The summed E-state index contributed by atoms with van der Waals surface area (Å²) < 4.78 is 112. The van der Waals surface area contributed by atoms with Gasteiger partial charge in [-0.3, -0.25) is 4.90 Å². The van der Waals surface area contributed by atoms with Gasteiger partial charge in [0.1, 0.15) is 6.17 Å². The summed E-state index contributed by atoms with van der Waals surface area (Å²) in [5, 5.41) is 0. The largest absolute Gasteiger partial charge is 0.493 e. The minimum absolute atomic E-state index is 0.0459. The molecule has 0 fully saturated rings. The molecule has 2 aromatic carbocycles. The number of benzene rings is 2. The van der Waals surface area contributed by atoms with E-state index in [9.17, 15) is 31.1 Å². The van der Waals surface area contributed by atoms with Gasteiger partial charge in [-0.2, -0.15) is 26.3 Å². The van der Waals surface area contributed by atoms with Crippen molar-refractivity contribution in [3.8, 4) is 11.5 Å². The molecule has 0 saturated carbocycles. The van der Waals surface area contributed by atoms with Crippen LogP contribution in [-0.4, -0.2) is 33.0 Å². The van der Waals surface area contributed by atoms with Gasteiger partial charge in [-0.1, -0.05) is 0 Å². The summed E-state index contributed by atoms with van der Waals surface area (Å²) in [7, 11) is 2.64. The smallest absolute Gasteiger partial charge is 0.416 e. The molecule has 1 aliphatic heterocycles. The van der Waals surface area contributed by atoms with Gasteiger partial charge in [-0.15, -0.1) is 0 Å². The van der Waals surface area contributed by atoms with Crippen LogP contribution in [0.5, 0.6) is 11.5 Å². The number of nitrogens with zero attached hydrogens (tertiary/aromatic N) is 1. The molecule has 0 unspecified atom stereocenters. The summed E-state index contributed by atoms with van der Waals surface area (Å²) in [6.07, 6.45) is -13.4. The number of hydrogen-bond acceptors (Lipinski definition) is 4. The van der Waals surface area contributed by atoms with Crippen molar-refractivity contribution in [2.75, 3.05) is 25.7 Å². The van der Waals surface area contributed by atoms with Crippen LogP contribution in [-0.2, 0) is 17.1 Å². The third-order valence-corrected chi connectivity index (χ3v) is 5.97. The number of rotatable bonds is 5. The van der Waals surface area contributed by atoms with Crippen LogP contribution < -0.4 is 14.4 Å². The van der Waals surface area contributed by atoms with Gasteiger partial charge in [-0.05, 0) is 55.7 Å². The van der Waals surface area contributed by atoms with Crippen molar-refractivity contribution in [1.82, 2.24) is 0 Å². The maximum absolute atomic E-state index is 16.0. The van der Waals surface area contributed by atoms with Gasteiger partial charge in [0.25, 0.3) is 0 Å². The fraction of sp³-hybridized carbons (Fsp3) is 0.458. The minimum atomic E-state index is -5.12. The van der Waals surface area contributed by atoms with Crippen LogP contribution in [0.3, 0.4) is 0 Å². The van der Waals surface area contributed by atoms with E-state index in [2.05, 4.69) is 0 Å². The van der Waals surface area contributed by atoms with Crippen molar-refractivity contribution in [3.63, 3.8) is 0 Å². The Balaban J connectivity index is 2.20. The van der Waals surface area contributed by atoms with E-state index in [1.54, 1.807) is 13.8 Å². The second-order valence-electron chi connectivity index (χ2n) is 8.27. The highest BCUT2D eigenvalue weighted by atomic mass is 19.4. The van der Waals surface area contributed by atoms with E-state index < -0.39 is 53.3 Å². The molecule has 3 rings (SSSR count). The average Bonchev–Trinajstić information content (AvgIpc) is 2.80. The van der Waals surface area contributed by atoms with E-state index in [4.69, 9.17) is 14.2 Å². The highest BCUT2D eigenvalue weighted by molar-refractivity contribution is 5.91. The molecule has 0 N–H and O–H groups in total. The van der Waals surface area contributed by atoms with E-state index in [-0.39, 0.29) is 41.8 Å². The zero-order chi connectivity index (χ0) is 27.0. The Morgan fingerprint density at radius 3 is 1.97 bits per heavy atom. The molecule has 3 atom stereocenters. The lowest BCUT2D eigenvalue weighted by atomic mass is 9.80. The Hall–Kier alpha value is -3.18. The summed E-state index contributed by atoms with van der Waals surface area (Å²) in [5.41, 5.74) is -3.70. The number of amides is 1. The second-order valence-corrected chi connectivity index (χ2v) is 8.27. The number of alkyl halides is 7. The minimum Gasteiger partial charge on any atom is -0.493 e. The lowest BCUT2D eigenvalue weighted by Gasteiger charge is -2.40. The normalized spacial score (nSPS) is 18.9. The zero-order valence-electron chi connectivity index (χ0n) is 19.8. The first kappa shape index (κ1) is 27.4. The molecule has 0 aromatic heterocycles. The number of ether oxygens (including phenoxy) is 3. The Morgan fingerprint density at radius 2 is 1.50 bits per heavy atom. The fourth-order valence-corrected chi connectivity index (χ4v) is 4.35. The van der Waals surface area contributed by atoms with E-state index in [1.807, 2.05) is 0 Å². The molecule has 1 heterocycles. The molecule has 198 valence electrons. The summed E-state index contributed by atoms with van der Waals surface area (Å²) >= 11 is 0. The number of carbonyl (C=O) groups excluding carboxylic acids is 1. The van der Waals surface area contributed by atoms with Crippen molar-refractivity contribution in [2.24, 2.45) is 0 Å². The molecule has 5 nitrogen and oxygen atoms in total. The molecule has 36 heavy (non-hydrogen) atoms. The Bertz CT molecular complexity index is 1080. The molecule has 0 aliphatic carbocycles. The average molecular weight is 523 g/mol. The first-order valence-electron chi connectivity index (χ1n) is 10.9. The van der Waals surface area contributed by atoms with Crippen LogP contribution in [0.15, 0.2) is 30.3 Å². The van der Waals surface area contributed by atoms with Gasteiger partial charge >= 0.3 is 18.4 Å². The number of anilines is 1. The topological polar surface area (TPSA) is 48.0 Å². The van der Waals surface area contributed by atoms with Crippen LogP contribution in [0.4, 0.5) is 41.2 Å². The second kappa shape index (κ2) is 10.1. The van der Waals surface area contributed by atoms with E-state index >= 15 is 4.39 Å².